The van der Waals surface area contributed by atoms with Crippen LogP contribution in [0.4, 0.5) is 4.79 Å². The molecule has 1 atom stereocenters. The van der Waals surface area contributed by atoms with Crippen molar-refractivity contribution in [3.63, 3.8) is 0 Å². The third-order valence-corrected chi connectivity index (χ3v) is 3.65. The second-order valence-corrected chi connectivity index (χ2v) is 7.04. The van der Waals surface area contributed by atoms with Gasteiger partial charge in [0.05, 0.1) is 5.69 Å². The van der Waals surface area contributed by atoms with E-state index >= 15 is 0 Å². The van der Waals surface area contributed by atoms with Crippen molar-refractivity contribution in [2.45, 2.75) is 46.3 Å². The molecule has 1 unspecified atom stereocenters. The number of hydrogen-bond acceptors (Lipinski definition) is 4. The van der Waals surface area contributed by atoms with Gasteiger partial charge in [-0.2, -0.15) is 0 Å². The molecule has 1 saturated heterocycles. The van der Waals surface area contributed by atoms with Gasteiger partial charge in [0.15, 0.2) is 0 Å². The van der Waals surface area contributed by atoms with Crippen LogP contribution in [0.1, 0.15) is 38.4 Å². The summed E-state index contributed by atoms with van der Waals surface area (Å²) >= 11 is 0. The smallest absolute Gasteiger partial charge is 0.410 e. The molecule has 1 aromatic rings. The molecule has 0 bridgehead atoms. The maximum atomic E-state index is 12.0. The number of pyridine rings is 1. The van der Waals surface area contributed by atoms with Crippen molar-refractivity contribution in [2.75, 3.05) is 19.6 Å². The first-order valence-corrected chi connectivity index (χ1v) is 7.94. The van der Waals surface area contributed by atoms with Gasteiger partial charge in [-0.3, -0.25) is 4.98 Å². The van der Waals surface area contributed by atoms with Gasteiger partial charge in [-0.25, -0.2) is 4.79 Å². The minimum Gasteiger partial charge on any atom is -0.444 e. The maximum absolute atomic E-state index is 12.0. The number of aryl methyl sites for hydroxylation is 1. The number of amides is 1. The van der Waals surface area contributed by atoms with Gasteiger partial charge in [0, 0.05) is 32.4 Å². The summed E-state index contributed by atoms with van der Waals surface area (Å²) in [6.07, 6.45) is 2.71. The van der Waals surface area contributed by atoms with E-state index in [0.717, 1.165) is 38.3 Å². The molecule has 1 aromatic heterocycles. The van der Waals surface area contributed by atoms with Gasteiger partial charge >= 0.3 is 6.09 Å². The molecule has 5 nitrogen and oxygen atoms in total. The van der Waals surface area contributed by atoms with Gasteiger partial charge in [0.2, 0.25) is 0 Å². The first kappa shape index (κ1) is 16.7. The van der Waals surface area contributed by atoms with Crippen molar-refractivity contribution in [3.05, 3.63) is 29.6 Å². The van der Waals surface area contributed by atoms with Gasteiger partial charge in [-0.05, 0) is 51.7 Å². The molecule has 1 N–H and O–H groups in total. The molecule has 2 heterocycles. The van der Waals surface area contributed by atoms with Crippen molar-refractivity contribution in [2.24, 2.45) is 5.92 Å². The SMILES string of the molecule is Cc1ccc(CNCC2CCN(C(=O)OC(C)(C)C)C2)nc1. The Morgan fingerprint density at radius 2 is 2.23 bits per heavy atom. The highest BCUT2D eigenvalue weighted by Crippen LogP contribution is 2.19. The molecule has 1 fully saturated rings. The summed E-state index contributed by atoms with van der Waals surface area (Å²) in [5.74, 6) is 0.484. The van der Waals surface area contributed by atoms with Gasteiger partial charge in [0.1, 0.15) is 5.60 Å². The Morgan fingerprint density at radius 1 is 1.45 bits per heavy atom. The molecule has 1 amide bonds. The summed E-state index contributed by atoms with van der Waals surface area (Å²) in [4.78, 5) is 18.2. The van der Waals surface area contributed by atoms with Crippen molar-refractivity contribution in [1.82, 2.24) is 15.2 Å². The Morgan fingerprint density at radius 3 is 2.86 bits per heavy atom. The fourth-order valence-corrected chi connectivity index (χ4v) is 2.50. The number of carbonyl (C=O) groups excluding carboxylic acids is 1. The van der Waals surface area contributed by atoms with Crippen LogP contribution in [-0.4, -0.2) is 41.2 Å². The number of hydrogen-bond donors (Lipinski definition) is 1. The van der Waals surface area contributed by atoms with Crippen molar-refractivity contribution >= 4 is 6.09 Å². The molecule has 0 saturated carbocycles. The Hall–Kier alpha value is -1.62. The summed E-state index contributed by atoms with van der Waals surface area (Å²) in [5, 5.41) is 3.43. The van der Waals surface area contributed by atoms with Gasteiger partial charge in [-0.1, -0.05) is 6.07 Å². The van der Waals surface area contributed by atoms with Gasteiger partial charge in [0.25, 0.3) is 0 Å². The highest BCUT2D eigenvalue weighted by atomic mass is 16.6. The summed E-state index contributed by atoms with van der Waals surface area (Å²) in [6, 6.07) is 4.12. The molecular formula is C17H27N3O2. The van der Waals surface area contributed by atoms with Crippen molar-refractivity contribution < 1.29 is 9.53 Å². The minimum absolute atomic E-state index is 0.199. The van der Waals surface area contributed by atoms with Crippen LogP contribution in [0, 0.1) is 12.8 Å². The molecule has 0 spiro atoms. The van der Waals surface area contributed by atoms with Crippen LogP contribution < -0.4 is 5.32 Å². The molecule has 1 aliphatic rings. The number of ether oxygens (including phenoxy) is 1. The second-order valence-electron chi connectivity index (χ2n) is 7.04. The van der Waals surface area contributed by atoms with E-state index in [1.807, 2.05) is 44.9 Å². The molecular weight excluding hydrogens is 278 g/mol. The number of nitrogens with zero attached hydrogens (tertiary/aromatic N) is 2. The zero-order valence-corrected chi connectivity index (χ0v) is 14.1. The average molecular weight is 305 g/mol. The monoisotopic (exact) mass is 305 g/mol. The van der Waals surface area contributed by atoms with Crippen LogP contribution in [0.25, 0.3) is 0 Å². The van der Waals surface area contributed by atoms with Gasteiger partial charge in [-0.15, -0.1) is 0 Å². The zero-order chi connectivity index (χ0) is 16.2. The lowest BCUT2D eigenvalue weighted by molar-refractivity contribution is 0.0288. The Kier molecular flexibility index (Phi) is 5.40. The topological polar surface area (TPSA) is 54.5 Å². The normalized spacial score (nSPS) is 18.5. The molecule has 0 aromatic carbocycles. The molecule has 0 radical (unpaired) electrons. The number of likely N-dealkylation sites (tertiary alicyclic amines) is 1. The van der Waals surface area contributed by atoms with E-state index in [0.29, 0.717) is 5.92 Å². The molecule has 22 heavy (non-hydrogen) atoms. The van der Waals surface area contributed by atoms with Crippen LogP contribution >= 0.6 is 0 Å². The first-order chi connectivity index (χ1) is 10.3. The summed E-state index contributed by atoms with van der Waals surface area (Å²) < 4.78 is 5.41. The second kappa shape index (κ2) is 7.09. The summed E-state index contributed by atoms with van der Waals surface area (Å²) in [5.41, 5.74) is 1.80. The quantitative estimate of drug-likeness (QED) is 0.929. The van der Waals surface area contributed by atoms with Crippen molar-refractivity contribution in [3.8, 4) is 0 Å². The zero-order valence-electron chi connectivity index (χ0n) is 14.1. The lowest BCUT2D eigenvalue weighted by Gasteiger charge is -2.24. The maximum Gasteiger partial charge on any atom is 0.410 e. The minimum atomic E-state index is -0.426. The highest BCUT2D eigenvalue weighted by Gasteiger charge is 2.29. The van der Waals surface area contributed by atoms with E-state index in [4.69, 9.17) is 4.74 Å². The number of aromatic nitrogens is 1. The molecule has 2 rings (SSSR count). The van der Waals surface area contributed by atoms with Crippen LogP contribution in [0.15, 0.2) is 18.3 Å². The molecule has 0 aliphatic carbocycles. The number of rotatable bonds is 4. The predicted molar refractivity (Wildman–Crippen MR) is 86.6 cm³/mol. The Labute approximate surface area is 133 Å². The standard InChI is InChI=1S/C17H27N3O2/c1-13-5-6-15(19-9-13)11-18-10-14-7-8-20(12-14)16(21)22-17(2,3)4/h5-6,9,14,18H,7-8,10-12H2,1-4H3. The first-order valence-electron chi connectivity index (χ1n) is 7.94. The summed E-state index contributed by atoms with van der Waals surface area (Å²) in [7, 11) is 0. The fourth-order valence-electron chi connectivity index (χ4n) is 2.50. The van der Waals surface area contributed by atoms with E-state index in [-0.39, 0.29) is 6.09 Å². The van der Waals surface area contributed by atoms with E-state index in [9.17, 15) is 4.79 Å². The van der Waals surface area contributed by atoms with E-state index < -0.39 is 5.60 Å². The van der Waals surface area contributed by atoms with Gasteiger partial charge < -0.3 is 15.0 Å². The molecule has 1 aliphatic heterocycles. The van der Waals surface area contributed by atoms with Crippen molar-refractivity contribution in [1.29, 1.82) is 0 Å². The third kappa shape index (κ3) is 5.30. The van der Waals surface area contributed by atoms with Crippen LogP contribution in [0.2, 0.25) is 0 Å². The number of nitrogens with one attached hydrogen (secondary N) is 1. The van der Waals surface area contributed by atoms with E-state index in [2.05, 4.69) is 16.4 Å². The predicted octanol–water partition coefficient (Wildman–Crippen LogP) is 2.74. The average Bonchev–Trinajstić information content (AvgIpc) is 2.88. The largest absolute Gasteiger partial charge is 0.444 e. The Bertz CT molecular complexity index is 494. The van der Waals surface area contributed by atoms with Crippen LogP contribution in [0.5, 0.6) is 0 Å². The van der Waals surface area contributed by atoms with Crippen LogP contribution in [-0.2, 0) is 11.3 Å². The van der Waals surface area contributed by atoms with Crippen LogP contribution in [0.3, 0.4) is 0 Å². The lowest BCUT2D eigenvalue weighted by atomic mass is 10.1. The molecule has 5 heteroatoms. The third-order valence-electron chi connectivity index (χ3n) is 3.65. The molecule has 122 valence electrons. The number of carbonyl (C=O) groups is 1. The Balaban J connectivity index is 1.70. The summed E-state index contributed by atoms with van der Waals surface area (Å²) in [6.45, 7) is 10.9. The lowest BCUT2D eigenvalue weighted by Crippen LogP contribution is -2.36. The van der Waals surface area contributed by atoms with E-state index in [1.54, 1.807) is 0 Å². The fraction of sp³-hybridized carbons (Fsp3) is 0.647. The highest BCUT2D eigenvalue weighted by molar-refractivity contribution is 5.68. The van der Waals surface area contributed by atoms with E-state index in [1.165, 1.54) is 5.56 Å².